The number of carbonyl (C=O) groups is 1. The molecule has 0 aromatic heterocycles. The first-order valence-electron chi connectivity index (χ1n) is 8.07. The van der Waals surface area contributed by atoms with Crippen LogP contribution in [0.4, 0.5) is 4.39 Å². The minimum atomic E-state index is -0.329. The molecule has 1 aliphatic heterocycles. The summed E-state index contributed by atoms with van der Waals surface area (Å²) in [4.78, 5) is 14.0. The molecule has 1 saturated heterocycles. The molecule has 0 saturated carbocycles. The number of benzene rings is 2. The van der Waals surface area contributed by atoms with Gasteiger partial charge in [-0.1, -0.05) is 12.1 Å². The lowest BCUT2D eigenvalue weighted by Crippen LogP contribution is -2.40. The molecule has 1 fully saturated rings. The minimum absolute atomic E-state index is 0.0322. The van der Waals surface area contributed by atoms with Crippen molar-refractivity contribution in [2.24, 2.45) is 0 Å². The molecule has 0 aliphatic carbocycles. The third kappa shape index (κ3) is 4.04. The molecule has 1 amide bonds. The average Bonchev–Trinajstić information content (AvgIpc) is 2.62. The Bertz CT molecular complexity index is 677. The van der Waals surface area contributed by atoms with Crippen molar-refractivity contribution in [3.63, 3.8) is 0 Å². The molecule has 24 heavy (non-hydrogen) atoms. The van der Waals surface area contributed by atoms with E-state index in [9.17, 15) is 14.3 Å². The number of piperidine rings is 1. The van der Waals surface area contributed by atoms with E-state index in [1.807, 2.05) is 12.1 Å². The summed E-state index contributed by atoms with van der Waals surface area (Å²) < 4.78 is 18.2. The van der Waals surface area contributed by atoms with Crippen LogP contribution in [0.1, 0.15) is 24.3 Å². The first-order chi connectivity index (χ1) is 11.6. The van der Waals surface area contributed by atoms with E-state index in [4.69, 9.17) is 4.74 Å². The normalized spacial score (nSPS) is 15.3. The monoisotopic (exact) mass is 329 g/mol. The summed E-state index contributed by atoms with van der Waals surface area (Å²) in [6, 6.07) is 12.9. The maximum Gasteiger partial charge on any atom is 0.260 e. The van der Waals surface area contributed by atoms with Gasteiger partial charge in [0.1, 0.15) is 17.3 Å². The highest BCUT2D eigenvalue weighted by molar-refractivity contribution is 5.77. The number of phenols is 1. The fraction of sp³-hybridized carbons (Fsp3) is 0.316. The van der Waals surface area contributed by atoms with Crippen molar-refractivity contribution in [2.45, 2.75) is 18.8 Å². The van der Waals surface area contributed by atoms with E-state index in [1.54, 1.807) is 17.0 Å². The predicted octanol–water partition coefficient (Wildman–Crippen LogP) is 3.32. The standard InChI is InChI=1S/C19H20FNO3/c20-16-3-7-18(8-4-16)24-13-19(23)21-11-9-15(10-12-21)14-1-5-17(22)6-2-14/h1-8,15,22H,9-13H2. The van der Waals surface area contributed by atoms with Crippen LogP contribution in [0.15, 0.2) is 48.5 Å². The van der Waals surface area contributed by atoms with Gasteiger partial charge in [0.25, 0.3) is 5.91 Å². The molecule has 0 radical (unpaired) electrons. The van der Waals surface area contributed by atoms with Crippen LogP contribution in [0.25, 0.3) is 0 Å². The Balaban J connectivity index is 1.48. The molecule has 0 spiro atoms. The second-order valence-electron chi connectivity index (χ2n) is 5.99. The van der Waals surface area contributed by atoms with Crippen LogP contribution >= 0.6 is 0 Å². The van der Waals surface area contributed by atoms with Gasteiger partial charge in [-0.2, -0.15) is 0 Å². The first-order valence-corrected chi connectivity index (χ1v) is 8.07. The lowest BCUT2D eigenvalue weighted by Gasteiger charge is -2.32. The topological polar surface area (TPSA) is 49.8 Å². The number of carbonyl (C=O) groups excluding carboxylic acids is 1. The summed E-state index contributed by atoms with van der Waals surface area (Å²) >= 11 is 0. The van der Waals surface area contributed by atoms with Crippen molar-refractivity contribution in [1.82, 2.24) is 4.90 Å². The third-order valence-electron chi connectivity index (χ3n) is 4.39. The Morgan fingerprint density at radius 3 is 2.33 bits per heavy atom. The van der Waals surface area contributed by atoms with Crippen LogP contribution in [-0.4, -0.2) is 35.6 Å². The van der Waals surface area contributed by atoms with Gasteiger partial charge >= 0.3 is 0 Å². The van der Waals surface area contributed by atoms with Gasteiger partial charge in [-0.3, -0.25) is 4.79 Å². The van der Waals surface area contributed by atoms with Gasteiger partial charge in [0.05, 0.1) is 0 Å². The van der Waals surface area contributed by atoms with Gasteiger partial charge in [0.15, 0.2) is 6.61 Å². The van der Waals surface area contributed by atoms with Crippen LogP contribution in [-0.2, 0) is 4.79 Å². The second-order valence-corrected chi connectivity index (χ2v) is 5.99. The number of nitrogens with zero attached hydrogens (tertiary/aromatic N) is 1. The van der Waals surface area contributed by atoms with E-state index in [-0.39, 0.29) is 24.1 Å². The predicted molar refractivity (Wildman–Crippen MR) is 88.6 cm³/mol. The van der Waals surface area contributed by atoms with E-state index in [1.165, 1.54) is 29.8 Å². The molecule has 2 aromatic rings. The summed E-state index contributed by atoms with van der Waals surface area (Å²) in [6.07, 6.45) is 1.79. The quantitative estimate of drug-likeness (QED) is 0.936. The first kappa shape index (κ1) is 16.3. The molecular weight excluding hydrogens is 309 g/mol. The maximum atomic E-state index is 12.8. The van der Waals surface area contributed by atoms with Gasteiger partial charge in [-0.25, -0.2) is 4.39 Å². The lowest BCUT2D eigenvalue weighted by atomic mass is 9.89. The molecule has 126 valence electrons. The van der Waals surface area contributed by atoms with Gasteiger partial charge in [0.2, 0.25) is 0 Å². The number of likely N-dealkylation sites (tertiary alicyclic amines) is 1. The third-order valence-corrected chi connectivity index (χ3v) is 4.39. The van der Waals surface area contributed by atoms with Gasteiger partial charge in [-0.15, -0.1) is 0 Å². The number of hydrogen-bond acceptors (Lipinski definition) is 3. The largest absolute Gasteiger partial charge is 0.508 e. The van der Waals surface area contributed by atoms with Crippen molar-refractivity contribution in [2.75, 3.05) is 19.7 Å². The molecule has 3 rings (SSSR count). The van der Waals surface area contributed by atoms with E-state index < -0.39 is 0 Å². The molecule has 2 aromatic carbocycles. The molecule has 1 N–H and O–H groups in total. The number of aromatic hydroxyl groups is 1. The van der Waals surface area contributed by atoms with Crippen molar-refractivity contribution < 1.29 is 19.0 Å². The highest BCUT2D eigenvalue weighted by Gasteiger charge is 2.24. The Labute approximate surface area is 140 Å². The molecular formula is C19H20FNO3. The fourth-order valence-corrected chi connectivity index (χ4v) is 2.98. The number of phenolic OH excluding ortho intramolecular Hbond substituents is 1. The summed E-state index contributed by atoms with van der Waals surface area (Å²) in [5.74, 6) is 0.786. The molecule has 0 bridgehead atoms. The second kappa shape index (κ2) is 7.34. The highest BCUT2D eigenvalue weighted by Crippen LogP contribution is 2.29. The van der Waals surface area contributed by atoms with Crippen LogP contribution in [0.3, 0.4) is 0 Å². The zero-order chi connectivity index (χ0) is 16.9. The van der Waals surface area contributed by atoms with E-state index in [2.05, 4.69) is 0 Å². The summed E-state index contributed by atoms with van der Waals surface area (Å²) in [5, 5.41) is 9.35. The van der Waals surface area contributed by atoms with Gasteiger partial charge in [-0.05, 0) is 60.7 Å². The average molecular weight is 329 g/mol. The number of ether oxygens (including phenoxy) is 1. The summed E-state index contributed by atoms with van der Waals surface area (Å²) in [5.41, 5.74) is 1.20. The molecule has 1 aliphatic rings. The Kier molecular flexibility index (Phi) is 4.99. The number of rotatable bonds is 4. The number of halogens is 1. The van der Waals surface area contributed by atoms with Crippen LogP contribution < -0.4 is 4.74 Å². The Hall–Kier alpha value is -2.56. The van der Waals surface area contributed by atoms with E-state index in [0.717, 1.165) is 12.8 Å². The van der Waals surface area contributed by atoms with Crippen molar-refractivity contribution >= 4 is 5.91 Å². The Morgan fingerprint density at radius 2 is 1.71 bits per heavy atom. The molecule has 0 unspecified atom stereocenters. The lowest BCUT2D eigenvalue weighted by molar-refractivity contribution is -0.134. The molecule has 4 nitrogen and oxygen atoms in total. The smallest absolute Gasteiger partial charge is 0.260 e. The van der Waals surface area contributed by atoms with E-state index >= 15 is 0 Å². The van der Waals surface area contributed by atoms with Crippen molar-refractivity contribution in [3.05, 3.63) is 59.9 Å². The minimum Gasteiger partial charge on any atom is -0.508 e. The zero-order valence-electron chi connectivity index (χ0n) is 13.3. The Morgan fingerprint density at radius 1 is 1.08 bits per heavy atom. The maximum absolute atomic E-state index is 12.8. The molecule has 0 atom stereocenters. The van der Waals surface area contributed by atoms with Crippen LogP contribution in [0.2, 0.25) is 0 Å². The molecule has 1 heterocycles. The van der Waals surface area contributed by atoms with Crippen molar-refractivity contribution in [3.8, 4) is 11.5 Å². The SMILES string of the molecule is O=C(COc1ccc(F)cc1)N1CCC(c2ccc(O)cc2)CC1. The fourth-order valence-electron chi connectivity index (χ4n) is 2.98. The van der Waals surface area contributed by atoms with Crippen LogP contribution in [0, 0.1) is 5.82 Å². The number of amides is 1. The highest BCUT2D eigenvalue weighted by atomic mass is 19.1. The summed E-state index contributed by atoms with van der Waals surface area (Å²) in [7, 11) is 0. The zero-order valence-corrected chi connectivity index (χ0v) is 13.3. The van der Waals surface area contributed by atoms with Gasteiger partial charge < -0.3 is 14.7 Å². The number of hydrogen-bond donors (Lipinski definition) is 1. The molecule has 5 heteroatoms. The van der Waals surface area contributed by atoms with Gasteiger partial charge in [0, 0.05) is 13.1 Å². The van der Waals surface area contributed by atoms with Crippen molar-refractivity contribution in [1.29, 1.82) is 0 Å². The van der Waals surface area contributed by atoms with Crippen LogP contribution in [0.5, 0.6) is 11.5 Å². The summed E-state index contributed by atoms with van der Waals surface area (Å²) in [6.45, 7) is 1.35. The van der Waals surface area contributed by atoms with E-state index in [0.29, 0.717) is 24.8 Å².